The van der Waals surface area contributed by atoms with Crippen LogP contribution in [0.4, 0.5) is 14.5 Å². The van der Waals surface area contributed by atoms with Gasteiger partial charge in [-0.15, -0.1) is 0 Å². The lowest BCUT2D eigenvalue weighted by atomic mass is 10.1. The van der Waals surface area contributed by atoms with E-state index in [0.29, 0.717) is 22.6 Å². The molecule has 2 aromatic carbocycles. The van der Waals surface area contributed by atoms with Gasteiger partial charge in [-0.3, -0.25) is 9.69 Å². The largest absolute Gasteiger partial charge is 0.494 e. The van der Waals surface area contributed by atoms with E-state index in [1.807, 2.05) is 0 Å². The Bertz CT molecular complexity index is 1110. The van der Waals surface area contributed by atoms with Crippen molar-refractivity contribution in [2.24, 2.45) is 7.05 Å². The molecule has 0 spiro atoms. The van der Waals surface area contributed by atoms with E-state index in [4.69, 9.17) is 4.74 Å². The zero-order valence-electron chi connectivity index (χ0n) is 16.0. The maximum atomic E-state index is 14.4. The van der Waals surface area contributed by atoms with Crippen molar-refractivity contribution in [3.8, 4) is 11.5 Å². The number of halogens is 2. The number of nitrogens with zero attached hydrogens (tertiary/aromatic N) is 3. The van der Waals surface area contributed by atoms with Gasteiger partial charge in [0, 0.05) is 12.6 Å². The summed E-state index contributed by atoms with van der Waals surface area (Å²) in [5.74, 6) is -0.738. The monoisotopic (exact) mass is 403 g/mol. The number of amides is 1. The molecule has 0 bridgehead atoms. The highest BCUT2D eigenvalue weighted by Crippen LogP contribution is 2.44. The Kier molecular flexibility index (Phi) is 4.42. The summed E-state index contributed by atoms with van der Waals surface area (Å²) in [7, 11) is 3.25. The number of rotatable bonds is 4. The molecule has 0 fully saturated rings. The fourth-order valence-electron chi connectivity index (χ4n) is 3.52. The molecule has 1 atom stereocenters. The summed E-state index contributed by atoms with van der Waals surface area (Å²) >= 11 is 0. The molecule has 1 aromatic heterocycles. The van der Waals surface area contributed by atoms with Crippen molar-refractivity contribution in [3.05, 3.63) is 47.8 Å². The van der Waals surface area contributed by atoms with Crippen LogP contribution in [0.3, 0.4) is 0 Å². The molecule has 152 valence electrons. The van der Waals surface area contributed by atoms with Gasteiger partial charge in [-0.25, -0.2) is 4.98 Å². The second kappa shape index (κ2) is 6.70. The van der Waals surface area contributed by atoms with Gasteiger partial charge in [0.05, 0.1) is 31.0 Å². The van der Waals surface area contributed by atoms with Gasteiger partial charge in [-0.05, 0) is 25.1 Å². The van der Waals surface area contributed by atoms with Crippen molar-refractivity contribution in [2.75, 3.05) is 12.0 Å². The summed E-state index contributed by atoms with van der Waals surface area (Å²) in [5.41, 5.74) is 1.63. The molecule has 1 amide bonds. The zero-order chi connectivity index (χ0) is 20.9. The van der Waals surface area contributed by atoms with Gasteiger partial charge < -0.3 is 19.1 Å². The number of anilines is 1. The quantitative estimate of drug-likeness (QED) is 0.724. The number of carbonyl (C=O) groups is 1. The Morgan fingerprint density at radius 2 is 2.00 bits per heavy atom. The summed E-state index contributed by atoms with van der Waals surface area (Å²) in [5, 5.41) is 9.93. The number of hydrogen-bond donors (Lipinski definition) is 1. The maximum absolute atomic E-state index is 14.4. The summed E-state index contributed by atoms with van der Waals surface area (Å²) in [6.07, 6.45) is -5.10. The molecule has 1 unspecified atom stereocenters. The van der Waals surface area contributed by atoms with Crippen molar-refractivity contribution in [1.82, 2.24) is 9.55 Å². The van der Waals surface area contributed by atoms with Gasteiger partial charge in [0.2, 0.25) is 0 Å². The number of benzene rings is 2. The SMILES string of the molecule is COc1cccc2nc(CN3C(=O)C(F)(F)Oc4c(C(C)O)cccc43)n(C)c12. The van der Waals surface area contributed by atoms with Gasteiger partial charge in [-0.2, -0.15) is 8.78 Å². The van der Waals surface area contributed by atoms with Crippen LogP contribution in [0.1, 0.15) is 24.4 Å². The van der Waals surface area contributed by atoms with E-state index in [1.165, 1.54) is 26.2 Å². The fourth-order valence-corrected chi connectivity index (χ4v) is 3.52. The highest BCUT2D eigenvalue weighted by atomic mass is 19.3. The number of alkyl halides is 2. The lowest BCUT2D eigenvalue weighted by Gasteiger charge is -2.34. The molecule has 0 aliphatic carbocycles. The minimum atomic E-state index is -4.06. The van der Waals surface area contributed by atoms with E-state index in [-0.39, 0.29) is 23.5 Å². The Labute approximate surface area is 165 Å². The van der Waals surface area contributed by atoms with Crippen LogP contribution < -0.4 is 14.4 Å². The number of para-hydroxylation sites is 2. The second-order valence-corrected chi connectivity index (χ2v) is 6.80. The molecule has 0 saturated carbocycles. The summed E-state index contributed by atoms with van der Waals surface area (Å²) in [6.45, 7) is 1.23. The van der Waals surface area contributed by atoms with Gasteiger partial charge in [0.1, 0.15) is 17.1 Å². The first-order valence-electron chi connectivity index (χ1n) is 8.92. The number of aromatic nitrogens is 2. The smallest absolute Gasteiger partial charge is 0.483 e. The summed E-state index contributed by atoms with van der Waals surface area (Å²) in [4.78, 5) is 17.9. The van der Waals surface area contributed by atoms with E-state index in [0.717, 1.165) is 4.90 Å². The number of aryl methyl sites for hydroxylation is 1. The molecule has 3 aromatic rings. The van der Waals surface area contributed by atoms with Crippen LogP contribution in [0.5, 0.6) is 11.5 Å². The second-order valence-electron chi connectivity index (χ2n) is 6.80. The van der Waals surface area contributed by atoms with Crippen LogP contribution in [0, 0.1) is 0 Å². The third-order valence-electron chi connectivity index (χ3n) is 4.96. The number of carbonyl (C=O) groups excluding carboxylic acids is 1. The molecule has 0 radical (unpaired) electrons. The van der Waals surface area contributed by atoms with E-state index in [1.54, 1.807) is 35.9 Å². The number of imidazole rings is 1. The van der Waals surface area contributed by atoms with Crippen LogP contribution in [0.15, 0.2) is 36.4 Å². The molecule has 0 saturated heterocycles. The lowest BCUT2D eigenvalue weighted by molar-refractivity contribution is -0.193. The average molecular weight is 403 g/mol. The Balaban J connectivity index is 1.84. The predicted molar refractivity (Wildman–Crippen MR) is 101 cm³/mol. The first-order chi connectivity index (χ1) is 13.7. The van der Waals surface area contributed by atoms with Crippen molar-refractivity contribution in [3.63, 3.8) is 0 Å². The maximum Gasteiger partial charge on any atom is 0.483 e. The van der Waals surface area contributed by atoms with Crippen molar-refractivity contribution >= 4 is 22.6 Å². The predicted octanol–water partition coefficient (Wildman–Crippen LogP) is 3.15. The van der Waals surface area contributed by atoms with Crippen molar-refractivity contribution < 1.29 is 28.2 Å². The van der Waals surface area contributed by atoms with Gasteiger partial charge in [-0.1, -0.05) is 18.2 Å². The molecular formula is C20H19F2N3O4. The van der Waals surface area contributed by atoms with Gasteiger partial charge in [0.15, 0.2) is 5.75 Å². The number of methoxy groups -OCH3 is 1. The number of ether oxygens (including phenoxy) is 2. The normalized spacial score (nSPS) is 16.5. The van der Waals surface area contributed by atoms with Crippen LogP contribution in [0.2, 0.25) is 0 Å². The summed E-state index contributed by atoms with van der Waals surface area (Å²) < 4.78 is 40.5. The van der Waals surface area contributed by atoms with Crippen molar-refractivity contribution in [1.29, 1.82) is 0 Å². The molecule has 4 rings (SSSR count). The van der Waals surface area contributed by atoms with E-state index < -0.39 is 18.1 Å². The molecule has 1 aliphatic heterocycles. The number of hydrogen-bond acceptors (Lipinski definition) is 5. The van der Waals surface area contributed by atoms with Crippen LogP contribution in [0.25, 0.3) is 11.0 Å². The minimum Gasteiger partial charge on any atom is -0.494 e. The molecular weight excluding hydrogens is 384 g/mol. The standard InChI is InChI=1S/C20H19F2N3O4/c1-11(26)12-6-4-8-14-18(12)29-20(21,22)19(27)25(14)10-16-23-13-7-5-9-15(28-3)17(13)24(16)2/h4-9,11,26H,10H2,1-3H3. The molecule has 7 nitrogen and oxygen atoms in total. The zero-order valence-corrected chi connectivity index (χ0v) is 16.0. The first-order valence-corrected chi connectivity index (χ1v) is 8.92. The topological polar surface area (TPSA) is 76.8 Å². The molecule has 2 heterocycles. The van der Waals surface area contributed by atoms with Crippen molar-refractivity contribution in [2.45, 2.75) is 25.7 Å². The Morgan fingerprint density at radius 3 is 2.69 bits per heavy atom. The van der Waals surface area contributed by atoms with Crippen LogP contribution in [-0.2, 0) is 18.4 Å². The third kappa shape index (κ3) is 2.98. The highest BCUT2D eigenvalue weighted by Gasteiger charge is 2.51. The van der Waals surface area contributed by atoms with E-state index >= 15 is 0 Å². The van der Waals surface area contributed by atoms with Gasteiger partial charge in [0.25, 0.3) is 0 Å². The molecule has 1 N–H and O–H groups in total. The first kappa shape index (κ1) is 19.1. The van der Waals surface area contributed by atoms with Crippen LogP contribution in [-0.4, -0.2) is 33.8 Å². The fraction of sp³-hybridized carbons (Fsp3) is 0.300. The van der Waals surface area contributed by atoms with E-state index in [2.05, 4.69) is 9.72 Å². The van der Waals surface area contributed by atoms with E-state index in [9.17, 15) is 18.7 Å². The lowest BCUT2D eigenvalue weighted by Crippen LogP contribution is -2.51. The molecule has 9 heteroatoms. The number of aliphatic hydroxyl groups is 1. The Hall–Kier alpha value is -3.20. The highest BCUT2D eigenvalue weighted by molar-refractivity contribution is 6.01. The van der Waals surface area contributed by atoms with Crippen LogP contribution >= 0.6 is 0 Å². The van der Waals surface area contributed by atoms with Gasteiger partial charge >= 0.3 is 12.0 Å². The number of aliphatic hydroxyl groups excluding tert-OH is 1. The molecule has 29 heavy (non-hydrogen) atoms. The average Bonchev–Trinajstić information content (AvgIpc) is 3.00. The Morgan fingerprint density at radius 1 is 1.28 bits per heavy atom. The number of fused-ring (bicyclic) bond motifs is 2. The minimum absolute atomic E-state index is 0.151. The molecule has 1 aliphatic rings. The summed E-state index contributed by atoms with van der Waals surface area (Å²) in [6, 6.07) is 9.87. The third-order valence-corrected chi connectivity index (χ3v) is 4.96.